The van der Waals surface area contributed by atoms with Crippen LogP contribution in [0, 0.1) is 6.92 Å². The molecule has 8 heteroatoms. The van der Waals surface area contributed by atoms with Crippen LogP contribution >= 0.6 is 0 Å². The zero-order valence-electron chi connectivity index (χ0n) is 18.1. The number of rotatable bonds is 4. The summed E-state index contributed by atoms with van der Waals surface area (Å²) in [5.74, 6) is 1.12. The molecule has 8 nitrogen and oxygen atoms in total. The van der Waals surface area contributed by atoms with Crippen molar-refractivity contribution in [1.29, 1.82) is 0 Å². The lowest BCUT2D eigenvalue weighted by molar-refractivity contribution is 0.198. The van der Waals surface area contributed by atoms with E-state index in [9.17, 15) is 9.90 Å². The maximum absolute atomic E-state index is 13.1. The molecule has 164 valence electrons. The number of aliphatic hydroxyl groups excluding tert-OH is 1. The molecule has 2 fully saturated rings. The van der Waals surface area contributed by atoms with Gasteiger partial charge < -0.3 is 19.7 Å². The Balaban J connectivity index is 1.56. The smallest absolute Gasteiger partial charge is 0.277 e. The molecular weight excluding hydrogens is 394 g/mol. The Morgan fingerprint density at radius 3 is 2.71 bits per heavy atom. The van der Waals surface area contributed by atoms with Crippen LogP contribution in [0.5, 0.6) is 5.75 Å². The predicted octanol–water partition coefficient (Wildman–Crippen LogP) is 3.18. The van der Waals surface area contributed by atoms with Crippen LogP contribution in [0.1, 0.15) is 50.3 Å². The molecule has 0 unspecified atom stereocenters. The Morgan fingerprint density at radius 2 is 2.00 bits per heavy atom. The number of nitrogens with one attached hydrogen (secondary N) is 1. The van der Waals surface area contributed by atoms with Crippen molar-refractivity contribution < 1.29 is 9.84 Å². The highest BCUT2D eigenvalue weighted by Gasteiger charge is 2.24. The van der Waals surface area contributed by atoms with Crippen LogP contribution in [-0.2, 0) is 0 Å². The van der Waals surface area contributed by atoms with Gasteiger partial charge in [0.15, 0.2) is 5.52 Å². The number of anilines is 1. The normalized spacial score (nSPS) is 20.0. The summed E-state index contributed by atoms with van der Waals surface area (Å²) in [5.41, 5.74) is 3.54. The van der Waals surface area contributed by atoms with Gasteiger partial charge in [0.1, 0.15) is 17.1 Å². The van der Waals surface area contributed by atoms with Gasteiger partial charge in [-0.2, -0.15) is 5.10 Å². The first-order valence-electron chi connectivity index (χ1n) is 11.2. The van der Waals surface area contributed by atoms with Crippen molar-refractivity contribution in [3.63, 3.8) is 0 Å². The molecule has 0 spiro atoms. The molecule has 2 N–H and O–H groups in total. The number of hydrogen-bond donors (Lipinski definition) is 2. The number of β-amino-alcohol motifs (C(OH)–C–C–N with tert-alkyl or cyclic N) is 1. The first-order chi connectivity index (χ1) is 15.0. The molecule has 0 radical (unpaired) electrons. The van der Waals surface area contributed by atoms with Crippen LogP contribution in [0.3, 0.4) is 0 Å². The predicted molar refractivity (Wildman–Crippen MR) is 120 cm³/mol. The molecule has 1 aliphatic heterocycles. The zero-order chi connectivity index (χ0) is 21.5. The van der Waals surface area contributed by atoms with E-state index in [4.69, 9.17) is 14.8 Å². The van der Waals surface area contributed by atoms with Crippen molar-refractivity contribution in [2.24, 2.45) is 0 Å². The Hall–Kier alpha value is -2.87. The Labute approximate surface area is 180 Å². The zero-order valence-corrected chi connectivity index (χ0v) is 18.1. The summed E-state index contributed by atoms with van der Waals surface area (Å²) in [5, 5.41) is 14.5. The summed E-state index contributed by atoms with van der Waals surface area (Å²) >= 11 is 0. The molecule has 2 aliphatic rings. The summed E-state index contributed by atoms with van der Waals surface area (Å²) in [6.45, 7) is 3.34. The first kappa shape index (κ1) is 20.1. The third kappa shape index (κ3) is 3.59. The lowest BCUT2D eigenvalue weighted by Crippen LogP contribution is -2.21. The number of fused-ring (bicyclic) bond motifs is 1. The Kier molecular flexibility index (Phi) is 5.17. The molecule has 1 aromatic carbocycles. The average molecular weight is 424 g/mol. The highest BCUT2D eigenvalue weighted by Crippen LogP contribution is 2.34. The van der Waals surface area contributed by atoms with E-state index >= 15 is 0 Å². The number of methoxy groups -OCH3 is 1. The van der Waals surface area contributed by atoms with Crippen molar-refractivity contribution in [2.75, 3.05) is 25.1 Å². The van der Waals surface area contributed by atoms with E-state index in [1.807, 2.05) is 29.8 Å². The van der Waals surface area contributed by atoms with Crippen LogP contribution < -0.4 is 15.2 Å². The van der Waals surface area contributed by atoms with E-state index in [2.05, 4.69) is 9.88 Å². The number of hydrogen-bond acceptors (Lipinski definition) is 6. The third-order valence-electron chi connectivity index (χ3n) is 6.61. The molecule has 31 heavy (non-hydrogen) atoms. The number of aromatic nitrogens is 4. The fourth-order valence-corrected chi connectivity index (χ4v) is 4.96. The van der Waals surface area contributed by atoms with E-state index in [1.54, 1.807) is 7.11 Å². The minimum absolute atomic E-state index is 0.167. The molecule has 3 heterocycles. The van der Waals surface area contributed by atoms with Crippen molar-refractivity contribution in [1.82, 2.24) is 19.7 Å². The monoisotopic (exact) mass is 423 g/mol. The van der Waals surface area contributed by atoms with Crippen molar-refractivity contribution >= 4 is 16.7 Å². The molecule has 1 saturated heterocycles. The first-order valence-corrected chi connectivity index (χ1v) is 11.2. The molecule has 1 atom stereocenters. The minimum atomic E-state index is -0.297. The van der Waals surface area contributed by atoms with Gasteiger partial charge in [-0.05, 0) is 38.3 Å². The van der Waals surface area contributed by atoms with E-state index in [0.29, 0.717) is 29.2 Å². The summed E-state index contributed by atoms with van der Waals surface area (Å²) < 4.78 is 7.54. The maximum Gasteiger partial charge on any atom is 0.277 e. The van der Waals surface area contributed by atoms with Gasteiger partial charge in [0.25, 0.3) is 5.56 Å². The number of ether oxygens (including phenoxy) is 1. The summed E-state index contributed by atoms with van der Waals surface area (Å²) in [6.07, 6.45) is 6.17. The Morgan fingerprint density at radius 1 is 1.19 bits per heavy atom. The molecule has 2 aromatic heterocycles. The van der Waals surface area contributed by atoms with E-state index in [1.165, 1.54) is 19.3 Å². The van der Waals surface area contributed by atoms with Gasteiger partial charge in [0.2, 0.25) is 0 Å². The molecule has 1 aliphatic carbocycles. The van der Waals surface area contributed by atoms with Gasteiger partial charge in [0, 0.05) is 24.8 Å². The molecule has 0 amide bonds. The fourth-order valence-electron chi connectivity index (χ4n) is 4.96. The van der Waals surface area contributed by atoms with Crippen LogP contribution in [0.4, 0.5) is 5.69 Å². The van der Waals surface area contributed by atoms with Crippen molar-refractivity contribution in [3.8, 4) is 17.1 Å². The van der Waals surface area contributed by atoms with Crippen molar-refractivity contribution in [2.45, 2.75) is 57.6 Å². The SMILES string of the molecule is COc1cc(N2CC[C@@H](O)C2)ccc1-c1nc2c(C)nn(C3CCCCC3)c2c(=O)[nH]1. The fraction of sp³-hybridized carbons (Fsp3) is 0.522. The van der Waals surface area contributed by atoms with Crippen LogP contribution in [-0.4, -0.2) is 51.2 Å². The van der Waals surface area contributed by atoms with Gasteiger partial charge >= 0.3 is 0 Å². The second-order valence-corrected chi connectivity index (χ2v) is 8.71. The lowest BCUT2D eigenvalue weighted by atomic mass is 9.95. The van der Waals surface area contributed by atoms with Gasteiger partial charge in [-0.3, -0.25) is 9.48 Å². The second-order valence-electron chi connectivity index (χ2n) is 8.71. The lowest BCUT2D eigenvalue weighted by Gasteiger charge is -2.22. The van der Waals surface area contributed by atoms with Crippen LogP contribution in [0.25, 0.3) is 22.4 Å². The largest absolute Gasteiger partial charge is 0.496 e. The topological polar surface area (TPSA) is 96.3 Å². The standard InChI is InChI=1S/C23H29N5O3/c1-14-20-21(28(26-14)15-6-4-3-5-7-15)23(30)25-22(24-20)18-9-8-16(12-19(18)31-2)27-11-10-17(29)13-27/h8-9,12,15,17,29H,3-7,10-11,13H2,1-2H3,(H,24,25,30)/t17-/m1/s1. The summed E-state index contributed by atoms with van der Waals surface area (Å²) in [7, 11) is 1.62. The van der Waals surface area contributed by atoms with Crippen LogP contribution in [0.15, 0.2) is 23.0 Å². The second kappa shape index (κ2) is 8.00. The van der Waals surface area contributed by atoms with E-state index < -0.39 is 0 Å². The molecule has 3 aromatic rings. The highest BCUT2D eigenvalue weighted by molar-refractivity contribution is 5.80. The van der Waals surface area contributed by atoms with E-state index in [-0.39, 0.29) is 17.7 Å². The molecule has 1 saturated carbocycles. The number of aromatic amines is 1. The number of aryl methyl sites for hydroxylation is 1. The molecule has 0 bridgehead atoms. The van der Waals surface area contributed by atoms with Gasteiger partial charge in [-0.15, -0.1) is 0 Å². The number of H-pyrrole nitrogens is 1. The Bertz CT molecular complexity index is 1160. The number of benzene rings is 1. The number of aliphatic hydroxyl groups is 1. The summed E-state index contributed by atoms with van der Waals surface area (Å²) in [6, 6.07) is 6.11. The number of nitrogens with zero attached hydrogens (tertiary/aromatic N) is 4. The van der Waals surface area contributed by atoms with Gasteiger partial charge in [-0.1, -0.05) is 19.3 Å². The maximum atomic E-state index is 13.1. The molecule has 5 rings (SSSR count). The molecular formula is C23H29N5O3. The highest BCUT2D eigenvalue weighted by atomic mass is 16.5. The van der Waals surface area contributed by atoms with Crippen molar-refractivity contribution in [3.05, 3.63) is 34.2 Å². The van der Waals surface area contributed by atoms with Gasteiger partial charge in [-0.25, -0.2) is 4.98 Å². The van der Waals surface area contributed by atoms with E-state index in [0.717, 1.165) is 42.8 Å². The summed E-state index contributed by atoms with van der Waals surface area (Å²) in [4.78, 5) is 23.0. The quantitative estimate of drug-likeness (QED) is 0.669. The minimum Gasteiger partial charge on any atom is -0.496 e. The van der Waals surface area contributed by atoms with Crippen LogP contribution in [0.2, 0.25) is 0 Å². The third-order valence-corrected chi connectivity index (χ3v) is 6.61. The average Bonchev–Trinajstić information content (AvgIpc) is 3.37. The van der Waals surface area contributed by atoms with Gasteiger partial charge in [0.05, 0.1) is 30.5 Å².